The number of thioether (sulfide) groups is 1. The molecule has 0 aliphatic heterocycles. The molecule has 11 heteroatoms. The zero-order chi connectivity index (χ0) is 22.9. The third-order valence-electron chi connectivity index (χ3n) is 4.56. The highest BCUT2D eigenvalue weighted by molar-refractivity contribution is 7.98. The van der Waals surface area contributed by atoms with Crippen molar-refractivity contribution >= 4 is 34.5 Å². The number of hydrogen-bond acceptors (Lipinski definition) is 6. The molecule has 0 radical (unpaired) electrons. The van der Waals surface area contributed by atoms with E-state index in [4.69, 9.17) is 4.74 Å². The Kier molecular flexibility index (Phi) is 5.74. The first-order chi connectivity index (χ1) is 15.3. The smallest absolute Gasteiger partial charge is 0.450 e. The van der Waals surface area contributed by atoms with Crippen molar-refractivity contribution in [3.05, 3.63) is 66.2 Å². The zero-order valence-corrected chi connectivity index (χ0v) is 17.7. The van der Waals surface area contributed by atoms with E-state index in [2.05, 4.69) is 20.3 Å². The fourth-order valence-corrected chi connectivity index (χ4v) is 3.52. The quantitative estimate of drug-likeness (QED) is 0.431. The fraction of sp³-hybridized carbons (Fsp3) is 0.143. The number of amides is 1. The Bertz CT molecular complexity index is 1290. The van der Waals surface area contributed by atoms with Crippen LogP contribution in [-0.2, 0) is 6.18 Å². The van der Waals surface area contributed by atoms with Gasteiger partial charge >= 0.3 is 6.18 Å². The normalized spacial score (nSPS) is 11.5. The summed E-state index contributed by atoms with van der Waals surface area (Å²) in [5.74, 6) is -1.15. The van der Waals surface area contributed by atoms with E-state index in [9.17, 15) is 18.0 Å². The number of aromatic nitrogens is 4. The van der Waals surface area contributed by atoms with Gasteiger partial charge in [-0.25, -0.2) is 15.0 Å². The Hall–Kier alpha value is -3.60. The summed E-state index contributed by atoms with van der Waals surface area (Å²) in [4.78, 5) is 25.2. The van der Waals surface area contributed by atoms with E-state index >= 15 is 0 Å². The number of nitrogens with zero attached hydrogens (tertiary/aromatic N) is 4. The molecule has 32 heavy (non-hydrogen) atoms. The lowest BCUT2D eigenvalue weighted by Gasteiger charge is -2.11. The first kappa shape index (κ1) is 21.6. The van der Waals surface area contributed by atoms with Crippen molar-refractivity contribution in [2.45, 2.75) is 11.1 Å². The number of fused-ring (bicyclic) bond motifs is 1. The number of carbonyl (C=O) groups is 1. The number of hydrogen-bond donors (Lipinski definition) is 1. The number of carbonyl (C=O) groups excluding carboxylic acids is 1. The van der Waals surface area contributed by atoms with Gasteiger partial charge in [0.05, 0.1) is 30.5 Å². The maximum Gasteiger partial charge on any atom is 0.450 e. The molecule has 0 fully saturated rings. The van der Waals surface area contributed by atoms with Crippen LogP contribution >= 0.6 is 11.8 Å². The average molecular weight is 459 g/mol. The Labute approximate surface area is 184 Å². The topological polar surface area (TPSA) is 81.9 Å². The molecule has 2 aromatic carbocycles. The molecule has 2 aromatic heterocycles. The van der Waals surface area contributed by atoms with Crippen molar-refractivity contribution in [2.24, 2.45) is 0 Å². The first-order valence-corrected chi connectivity index (χ1v) is 10.4. The van der Waals surface area contributed by atoms with E-state index in [0.29, 0.717) is 11.3 Å². The van der Waals surface area contributed by atoms with E-state index in [-0.39, 0.29) is 22.7 Å². The maximum absolute atomic E-state index is 13.6. The van der Waals surface area contributed by atoms with Gasteiger partial charge in [0.15, 0.2) is 11.6 Å². The molecule has 0 aliphatic rings. The fourth-order valence-electron chi connectivity index (χ4n) is 3.06. The minimum atomic E-state index is -4.72. The van der Waals surface area contributed by atoms with Crippen molar-refractivity contribution in [3.63, 3.8) is 0 Å². The lowest BCUT2D eigenvalue weighted by molar-refractivity contribution is -0.145. The highest BCUT2D eigenvalue weighted by atomic mass is 32.2. The lowest BCUT2D eigenvalue weighted by Crippen LogP contribution is -2.16. The summed E-state index contributed by atoms with van der Waals surface area (Å²) in [6, 6.07) is 11.4. The van der Waals surface area contributed by atoms with E-state index < -0.39 is 17.9 Å². The van der Waals surface area contributed by atoms with Gasteiger partial charge in [-0.2, -0.15) is 13.2 Å². The van der Waals surface area contributed by atoms with E-state index in [1.807, 2.05) is 12.3 Å². The Morgan fingerprint density at radius 1 is 1.12 bits per heavy atom. The highest BCUT2D eigenvalue weighted by Crippen LogP contribution is 2.34. The van der Waals surface area contributed by atoms with Gasteiger partial charge in [0.25, 0.3) is 5.91 Å². The monoisotopic (exact) mass is 459 g/mol. The first-order valence-electron chi connectivity index (χ1n) is 9.21. The number of rotatable bonds is 5. The lowest BCUT2D eigenvalue weighted by atomic mass is 10.2. The molecule has 0 bridgehead atoms. The molecule has 4 aromatic rings. The van der Waals surface area contributed by atoms with Gasteiger partial charge in [0.1, 0.15) is 5.75 Å². The summed E-state index contributed by atoms with van der Waals surface area (Å²) >= 11 is 1.50. The van der Waals surface area contributed by atoms with Crippen molar-refractivity contribution < 1.29 is 22.7 Å². The van der Waals surface area contributed by atoms with Crippen LogP contribution in [0.2, 0.25) is 0 Å². The molecule has 2 heterocycles. The van der Waals surface area contributed by atoms with Gasteiger partial charge < -0.3 is 10.1 Å². The van der Waals surface area contributed by atoms with Crippen LogP contribution in [0.1, 0.15) is 16.2 Å². The summed E-state index contributed by atoms with van der Waals surface area (Å²) in [7, 11) is 1.42. The van der Waals surface area contributed by atoms with Gasteiger partial charge in [-0.15, -0.1) is 11.8 Å². The average Bonchev–Trinajstić information content (AvgIpc) is 3.19. The molecule has 1 amide bonds. The van der Waals surface area contributed by atoms with Crippen LogP contribution in [-0.4, -0.2) is 38.8 Å². The minimum Gasteiger partial charge on any atom is -0.497 e. The molecule has 0 atom stereocenters. The van der Waals surface area contributed by atoms with Crippen molar-refractivity contribution in [1.82, 2.24) is 19.5 Å². The van der Waals surface area contributed by atoms with Gasteiger partial charge in [-0.1, -0.05) is 6.07 Å². The van der Waals surface area contributed by atoms with Crippen molar-refractivity contribution in [2.75, 3.05) is 18.7 Å². The molecule has 0 saturated heterocycles. The van der Waals surface area contributed by atoms with Crippen LogP contribution in [0.3, 0.4) is 0 Å². The van der Waals surface area contributed by atoms with Crippen LogP contribution in [0.4, 0.5) is 19.0 Å². The molecule has 4 rings (SSSR count). The Morgan fingerprint density at radius 2 is 1.94 bits per heavy atom. The molecule has 164 valence electrons. The highest BCUT2D eigenvalue weighted by Gasteiger charge is 2.38. The second kappa shape index (κ2) is 8.50. The third kappa shape index (κ3) is 4.24. The van der Waals surface area contributed by atoms with Crippen LogP contribution in [0.5, 0.6) is 5.75 Å². The molecule has 0 spiro atoms. The summed E-state index contributed by atoms with van der Waals surface area (Å²) in [5, 5.41) is 2.59. The van der Waals surface area contributed by atoms with Gasteiger partial charge in [-0.3, -0.25) is 9.36 Å². The molecule has 0 saturated carbocycles. The summed E-state index contributed by atoms with van der Waals surface area (Å²) in [6.45, 7) is 0. The van der Waals surface area contributed by atoms with Crippen molar-refractivity contribution in [3.8, 4) is 11.6 Å². The predicted molar refractivity (Wildman–Crippen MR) is 114 cm³/mol. The SMILES string of the molecule is COc1ccc2c(c1)nc(C(F)(F)F)n2-c1cnc(NC(=O)c2cccc(SC)c2)cn1. The van der Waals surface area contributed by atoms with Crippen LogP contribution in [0.15, 0.2) is 59.8 Å². The second-order valence-corrected chi connectivity index (χ2v) is 7.45. The number of halogens is 3. The number of imidazole rings is 1. The summed E-state index contributed by atoms with van der Waals surface area (Å²) in [5.41, 5.74) is 0.722. The zero-order valence-electron chi connectivity index (χ0n) is 16.8. The third-order valence-corrected chi connectivity index (χ3v) is 5.28. The molecule has 1 N–H and O–H groups in total. The van der Waals surface area contributed by atoms with E-state index in [1.165, 1.54) is 43.3 Å². The maximum atomic E-state index is 13.6. The summed E-state index contributed by atoms with van der Waals surface area (Å²) < 4.78 is 46.8. The summed E-state index contributed by atoms with van der Waals surface area (Å²) in [6.07, 6.45) is -0.481. The number of anilines is 1. The second-order valence-electron chi connectivity index (χ2n) is 6.57. The van der Waals surface area contributed by atoms with E-state index in [0.717, 1.165) is 15.7 Å². The van der Waals surface area contributed by atoms with Gasteiger partial charge in [-0.05, 0) is 36.6 Å². The molecular weight excluding hydrogens is 443 g/mol. The van der Waals surface area contributed by atoms with Gasteiger partial charge in [0, 0.05) is 16.5 Å². The standard InChI is InChI=1S/C21H16F3N5O2S/c1-31-13-6-7-16-15(9-13)27-20(21(22,23)24)29(16)18-11-25-17(10-26-18)28-19(30)12-4-3-5-14(8-12)32-2/h3-11H,1-2H3,(H,25,28,30). The molecular formula is C21H16F3N5O2S. The molecule has 0 unspecified atom stereocenters. The van der Waals surface area contributed by atoms with Crippen LogP contribution in [0.25, 0.3) is 16.9 Å². The number of alkyl halides is 3. The number of benzene rings is 2. The number of ether oxygens (including phenoxy) is 1. The van der Waals surface area contributed by atoms with Crippen LogP contribution in [0, 0.1) is 0 Å². The Balaban J connectivity index is 1.67. The Morgan fingerprint density at radius 3 is 2.59 bits per heavy atom. The number of nitrogens with one attached hydrogen (secondary N) is 1. The molecule has 0 aliphatic carbocycles. The van der Waals surface area contributed by atoms with Gasteiger partial charge in [0.2, 0.25) is 5.82 Å². The van der Waals surface area contributed by atoms with Crippen LogP contribution < -0.4 is 10.1 Å². The van der Waals surface area contributed by atoms with Crippen molar-refractivity contribution in [1.29, 1.82) is 0 Å². The predicted octanol–water partition coefficient (Wildman–Crippen LogP) is 4.82. The minimum absolute atomic E-state index is 0.0904. The molecule has 7 nitrogen and oxygen atoms in total. The van der Waals surface area contributed by atoms with E-state index in [1.54, 1.807) is 18.2 Å². The number of methoxy groups -OCH3 is 1. The largest absolute Gasteiger partial charge is 0.497 e.